The van der Waals surface area contributed by atoms with Crippen molar-refractivity contribution < 1.29 is 4.74 Å². The summed E-state index contributed by atoms with van der Waals surface area (Å²) < 4.78 is 9.09. The average Bonchev–Trinajstić information content (AvgIpc) is 3.44. The van der Waals surface area contributed by atoms with Crippen LogP contribution >= 0.6 is 0 Å². The largest absolute Gasteiger partial charge is 0.456 e. The molecule has 1 aliphatic heterocycles. The highest BCUT2D eigenvalue weighted by molar-refractivity contribution is 6.12. The SMILES string of the molecule is c1ccc(-c2cc(-c3ccccc3)cc(-c3ccc(-n4c5ccccc5c5cc6c(cc54)-c4ccccc4-c4ccccc4O6)cc3)c2)cc1. The lowest BCUT2D eigenvalue weighted by atomic mass is 9.93. The van der Waals surface area contributed by atoms with Crippen LogP contribution in [0, 0.1) is 0 Å². The second kappa shape index (κ2) is 11.5. The fraction of sp³-hybridized carbons (Fsp3) is 0. The van der Waals surface area contributed by atoms with Crippen molar-refractivity contribution in [1.82, 2.24) is 4.57 Å². The maximum Gasteiger partial charge on any atom is 0.136 e. The van der Waals surface area contributed by atoms with Gasteiger partial charge in [-0.05, 0) is 99.1 Å². The molecule has 0 amide bonds. The lowest BCUT2D eigenvalue weighted by Crippen LogP contribution is -1.95. The van der Waals surface area contributed by atoms with Crippen molar-refractivity contribution in [1.29, 1.82) is 0 Å². The molecule has 50 heavy (non-hydrogen) atoms. The molecule has 0 spiro atoms. The van der Waals surface area contributed by atoms with E-state index in [1.54, 1.807) is 0 Å². The van der Waals surface area contributed by atoms with Crippen LogP contribution in [0.2, 0.25) is 0 Å². The average molecular weight is 638 g/mol. The molecule has 0 saturated heterocycles. The van der Waals surface area contributed by atoms with Crippen LogP contribution in [-0.2, 0) is 0 Å². The fourth-order valence-electron chi connectivity index (χ4n) is 7.61. The number of fused-ring (bicyclic) bond motifs is 8. The van der Waals surface area contributed by atoms with Crippen molar-refractivity contribution in [3.8, 4) is 72.8 Å². The van der Waals surface area contributed by atoms with Gasteiger partial charge in [0.05, 0.1) is 11.0 Å². The van der Waals surface area contributed by atoms with E-state index in [-0.39, 0.29) is 0 Å². The molecule has 0 unspecified atom stereocenters. The van der Waals surface area contributed by atoms with Gasteiger partial charge in [-0.3, -0.25) is 0 Å². The van der Waals surface area contributed by atoms with Gasteiger partial charge in [-0.1, -0.05) is 133 Å². The molecule has 2 heteroatoms. The number of hydrogen-bond acceptors (Lipinski definition) is 1. The highest BCUT2D eigenvalue weighted by atomic mass is 16.5. The van der Waals surface area contributed by atoms with Crippen molar-refractivity contribution in [2.45, 2.75) is 0 Å². The maximum atomic E-state index is 6.70. The van der Waals surface area contributed by atoms with Gasteiger partial charge in [0.2, 0.25) is 0 Å². The van der Waals surface area contributed by atoms with Crippen molar-refractivity contribution in [2.75, 3.05) is 0 Å². The summed E-state index contributed by atoms with van der Waals surface area (Å²) in [7, 11) is 0. The van der Waals surface area contributed by atoms with E-state index >= 15 is 0 Å². The van der Waals surface area contributed by atoms with E-state index in [0.717, 1.165) is 33.8 Å². The molecule has 2 nitrogen and oxygen atoms in total. The Morgan fingerprint density at radius 2 is 0.820 bits per heavy atom. The number of rotatable bonds is 4. The number of ether oxygens (including phenoxy) is 1. The molecule has 0 saturated carbocycles. The molecule has 2 heterocycles. The van der Waals surface area contributed by atoms with Gasteiger partial charge >= 0.3 is 0 Å². The van der Waals surface area contributed by atoms with Crippen LogP contribution in [0.3, 0.4) is 0 Å². The van der Waals surface area contributed by atoms with Gasteiger partial charge in [-0.25, -0.2) is 0 Å². The number of hydrogen-bond donors (Lipinski definition) is 0. The lowest BCUT2D eigenvalue weighted by molar-refractivity contribution is 0.488. The van der Waals surface area contributed by atoms with Crippen molar-refractivity contribution in [3.05, 3.63) is 188 Å². The van der Waals surface area contributed by atoms with Crippen molar-refractivity contribution in [2.24, 2.45) is 0 Å². The first-order chi connectivity index (χ1) is 24.8. The number of benzene rings is 8. The van der Waals surface area contributed by atoms with Crippen LogP contribution in [0.15, 0.2) is 188 Å². The summed E-state index contributed by atoms with van der Waals surface area (Å²) in [5.41, 5.74) is 15.2. The fourth-order valence-corrected chi connectivity index (χ4v) is 7.61. The van der Waals surface area contributed by atoms with E-state index in [0.29, 0.717) is 0 Å². The summed E-state index contributed by atoms with van der Waals surface area (Å²) in [6.07, 6.45) is 0. The molecule has 0 atom stereocenters. The van der Waals surface area contributed by atoms with E-state index < -0.39 is 0 Å². The van der Waals surface area contributed by atoms with Crippen LogP contribution in [0.25, 0.3) is 83.1 Å². The number of para-hydroxylation sites is 2. The van der Waals surface area contributed by atoms with Crippen LogP contribution in [0.1, 0.15) is 0 Å². The van der Waals surface area contributed by atoms with E-state index in [1.807, 2.05) is 6.07 Å². The lowest BCUT2D eigenvalue weighted by Gasteiger charge is -2.14. The zero-order valence-corrected chi connectivity index (χ0v) is 27.3. The summed E-state index contributed by atoms with van der Waals surface area (Å²) in [6, 6.07) is 67.4. The summed E-state index contributed by atoms with van der Waals surface area (Å²) in [6.45, 7) is 0. The molecule has 1 aromatic heterocycles. The Hall–Kier alpha value is -6.64. The van der Waals surface area contributed by atoms with E-state index in [2.05, 4.69) is 187 Å². The van der Waals surface area contributed by atoms with Crippen LogP contribution in [0.5, 0.6) is 11.5 Å². The third-order valence-electron chi connectivity index (χ3n) is 9.99. The van der Waals surface area contributed by atoms with E-state index in [9.17, 15) is 0 Å². The first kappa shape index (κ1) is 28.4. The topological polar surface area (TPSA) is 14.2 Å². The smallest absolute Gasteiger partial charge is 0.136 e. The summed E-state index contributed by atoms with van der Waals surface area (Å²) in [5, 5.41) is 2.37. The molecule has 9 aromatic rings. The second-order valence-electron chi connectivity index (χ2n) is 12.9. The quantitative estimate of drug-likeness (QED) is 0.187. The first-order valence-electron chi connectivity index (χ1n) is 17.1. The Kier molecular flexibility index (Phi) is 6.53. The Labute approximate surface area is 291 Å². The minimum Gasteiger partial charge on any atom is -0.456 e. The summed E-state index contributed by atoms with van der Waals surface area (Å²) in [4.78, 5) is 0. The highest BCUT2D eigenvalue weighted by Gasteiger charge is 2.23. The van der Waals surface area contributed by atoms with Gasteiger partial charge in [0, 0.05) is 27.6 Å². The monoisotopic (exact) mass is 637 g/mol. The minimum atomic E-state index is 0.876. The Morgan fingerprint density at radius 1 is 0.300 bits per heavy atom. The molecular formula is C48H31NO. The van der Waals surface area contributed by atoms with E-state index in [4.69, 9.17) is 4.74 Å². The summed E-state index contributed by atoms with van der Waals surface area (Å²) >= 11 is 0. The van der Waals surface area contributed by atoms with E-state index in [1.165, 1.54) is 60.8 Å². The first-order valence-corrected chi connectivity index (χ1v) is 17.1. The van der Waals surface area contributed by atoms with Crippen LogP contribution in [0.4, 0.5) is 0 Å². The number of aromatic nitrogens is 1. The molecule has 0 fully saturated rings. The third kappa shape index (κ3) is 4.65. The van der Waals surface area contributed by atoms with Gasteiger partial charge in [-0.2, -0.15) is 0 Å². The molecule has 0 N–H and O–H groups in total. The third-order valence-corrected chi connectivity index (χ3v) is 9.99. The van der Waals surface area contributed by atoms with Crippen molar-refractivity contribution >= 4 is 21.8 Å². The standard InChI is InChI=1S/C48H31NO/c1-3-13-32(14-4-1)35-27-36(33-15-5-2-6-16-33)29-37(28-35)34-23-25-38(26-24-34)49-45-21-11-9-19-41(45)43-31-48-44(30-46(43)49)40-18-8-7-17-39(40)42-20-10-12-22-47(42)50-48/h1-31H. The molecule has 234 valence electrons. The minimum absolute atomic E-state index is 0.876. The Balaban J connectivity index is 1.14. The predicted octanol–water partition coefficient (Wildman–Crippen LogP) is 13.2. The Morgan fingerprint density at radius 3 is 1.48 bits per heavy atom. The van der Waals surface area contributed by atoms with Crippen molar-refractivity contribution in [3.63, 3.8) is 0 Å². The maximum absolute atomic E-state index is 6.70. The molecule has 8 aromatic carbocycles. The van der Waals surface area contributed by atoms with Gasteiger partial charge in [0.25, 0.3) is 0 Å². The van der Waals surface area contributed by atoms with Crippen LogP contribution < -0.4 is 4.74 Å². The van der Waals surface area contributed by atoms with Crippen LogP contribution in [-0.4, -0.2) is 4.57 Å². The second-order valence-corrected chi connectivity index (χ2v) is 12.9. The molecule has 0 radical (unpaired) electrons. The highest BCUT2D eigenvalue weighted by Crippen LogP contribution is 2.49. The molecule has 0 bridgehead atoms. The molecule has 10 rings (SSSR count). The van der Waals surface area contributed by atoms with Gasteiger partial charge in [0.15, 0.2) is 0 Å². The van der Waals surface area contributed by atoms with Gasteiger partial charge in [0.1, 0.15) is 11.5 Å². The zero-order valence-electron chi connectivity index (χ0n) is 27.3. The normalized spacial score (nSPS) is 11.8. The summed E-state index contributed by atoms with van der Waals surface area (Å²) in [5.74, 6) is 1.75. The number of nitrogens with zero attached hydrogens (tertiary/aromatic N) is 1. The predicted molar refractivity (Wildman–Crippen MR) is 208 cm³/mol. The molecule has 1 aliphatic rings. The molecular weight excluding hydrogens is 607 g/mol. The Bertz CT molecular complexity index is 2650. The van der Waals surface area contributed by atoms with Gasteiger partial charge in [-0.15, -0.1) is 0 Å². The van der Waals surface area contributed by atoms with Gasteiger partial charge < -0.3 is 9.30 Å². The zero-order chi connectivity index (χ0) is 33.0. The molecule has 0 aliphatic carbocycles.